The van der Waals surface area contributed by atoms with E-state index in [9.17, 15) is 4.79 Å². The van der Waals surface area contributed by atoms with Crippen LogP contribution in [0.4, 0.5) is 11.6 Å². The summed E-state index contributed by atoms with van der Waals surface area (Å²) in [4.78, 5) is 20.4. The van der Waals surface area contributed by atoms with Crippen molar-refractivity contribution in [3.05, 3.63) is 47.8 Å². The minimum absolute atomic E-state index is 0.351. The van der Waals surface area contributed by atoms with Crippen LogP contribution in [0.3, 0.4) is 0 Å². The van der Waals surface area contributed by atoms with Crippen molar-refractivity contribution >= 4 is 17.6 Å². The van der Waals surface area contributed by atoms with Crippen LogP contribution in [0.2, 0.25) is 0 Å². The van der Waals surface area contributed by atoms with Crippen LogP contribution in [0, 0.1) is 6.92 Å². The molecule has 2 aromatic rings. The molecule has 0 fully saturated rings. The fourth-order valence-electron chi connectivity index (χ4n) is 1.70. The molecule has 0 aliphatic heterocycles. The van der Waals surface area contributed by atoms with Gasteiger partial charge in [0, 0.05) is 17.6 Å². The van der Waals surface area contributed by atoms with Gasteiger partial charge < -0.3 is 10.1 Å². The van der Waals surface area contributed by atoms with Gasteiger partial charge in [0.15, 0.2) is 0 Å². The van der Waals surface area contributed by atoms with Crippen molar-refractivity contribution in [3.63, 3.8) is 0 Å². The van der Waals surface area contributed by atoms with Crippen molar-refractivity contribution in [3.8, 4) is 0 Å². The molecule has 21 heavy (non-hydrogen) atoms. The van der Waals surface area contributed by atoms with Crippen LogP contribution in [0.5, 0.6) is 0 Å². The van der Waals surface area contributed by atoms with E-state index in [0.717, 1.165) is 11.4 Å². The highest BCUT2D eigenvalue weighted by atomic mass is 16.6. The molecule has 0 unspecified atom stereocenters. The Balaban J connectivity index is 2.16. The summed E-state index contributed by atoms with van der Waals surface area (Å²) in [5.41, 5.74) is 1.59. The van der Waals surface area contributed by atoms with Crippen LogP contribution in [-0.4, -0.2) is 21.5 Å². The fourth-order valence-corrected chi connectivity index (χ4v) is 1.70. The maximum atomic E-state index is 12.0. The molecule has 0 saturated heterocycles. The van der Waals surface area contributed by atoms with Crippen molar-refractivity contribution in [1.29, 1.82) is 0 Å². The van der Waals surface area contributed by atoms with E-state index < -0.39 is 5.60 Å². The van der Waals surface area contributed by atoms with Crippen LogP contribution in [0.15, 0.2) is 36.5 Å². The predicted molar refractivity (Wildman–Crippen MR) is 81.7 cm³/mol. The number of nitrogens with one attached hydrogen (secondary N) is 1. The number of benzene rings is 1. The maximum absolute atomic E-state index is 12.0. The molecule has 2 rings (SSSR count). The second-order valence-electron chi connectivity index (χ2n) is 5.73. The van der Waals surface area contributed by atoms with Crippen molar-refractivity contribution in [2.45, 2.75) is 33.3 Å². The van der Waals surface area contributed by atoms with Crippen LogP contribution < -0.4 is 5.32 Å². The van der Waals surface area contributed by atoms with E-state index in [-0.39, 0.29) is 5.97 Å². The van der Waals surface area contributed by atoms with Gasteiger partial charge >= 0.3 is 5.97 Å². The lowest BCUT2D eigenvalue weighted by atomic mass is 10.1. The van der Waals surface area contributed by atoms with E-state index in [1.165, 1.54) is 0 Å². The van der Waals surface area contributed by atoms with Crippen LogP contribution in [0.1, 0.15) is 36.8 Å². The van der Waals surface area contributed by atoms with Crippen molar-refractivity contribution in [2.24, 2.45) is 0 Å². The molecule has 0 bridgehead atoms. The molecular formula is C16H19N3O2. The van der Waals surface area contributed by atoms with Crippen LogP contribution in [0.25, 0.3) is 0 Å². The monoisotopic (exact) mass is 285 g/mol. The Kier molecular flexibility index (Phi) is 4.21. The average molecular weight is 285 g/mol. The lowest BCUT2D eigenvalue weighted by molar-refractivity contribution is 0.00696. The zero-order chi connectivity index (χ0) is 15.5. The van der Waals surface area contributed by atoms with Crippen LogP contribution in [-0.2, 0) is 4.74 Å². The first-order valence-corrected chi connectivity index (χ1v) is 6.73. The van der Waals surface area contributed by atoms with E-state index in [4.69, 9.17) is 4.74 Å². The highest BCUT2D eigenvalue weighted by Crippen LogP contribution is 2.17. The standard InChI is InChI=1S/C16H19N3O2/c1-11-8-9-17-15(18-11)19-13-7-5-6-12(10-13)14(20)21-16(2,3)4/h5-10H,1-4H3,(H,17,18,19). The van der Waals surface area contributed by atoms with Gasteiger partial charge in [0.1, 0.15) is 5.60 Å². The molecule has 0 aliphatic rings. The number of rotatable bonds is 3. The number of aryl methyl sites for hydroxylation is 1. The summed E-state index contributed by atoms with van der Waals surface area (Å²) in [7, 11) is 0. The quantitative estimate of drug-likeness (QED) is 0.875. The minimum atomic E-state index is -0.514. The van der Waals surface area contributed by atoms with Crippen molar-refractivity contribution in [1.82, 2.24) is 9.97 Å². The van der Waals surface area contributed by atoms with Gasteiger partial charge in [-0.05, 0) is 52.0 Å². The molecule has 1 heterocycles. The summed E-state index contributed by atoms with van der Waals surface area (Å²) in [6.07, 6.45) is 1.68. The summed E-state index contributed by atoms with van der Waals surface area (Å²) in [5.74, 6) is 0.146. The van der Waals surface area contributed by atoms with Crippen molar-refractivity contribution < 1.29 is 9.53 Å². The normalized spacial score (nSPS) is 11.0. The number of nitrogens with zero attached hydrogens (tertiary/aromatic N) is 2. The van der Waals surface area contributed by atoms with Gasteiger partial charge in [-0.15, -0.1) is 0 Å². The Morgan fingerprint density at radius 2 is 2.00 bits per heavy atom. The Hall–Kier alpha value is -2.43. The Bertz CT molecular complexity index is 648. The molecule has 110 valence electrons. The second kappa shape index (κ2) is 5.91. The zero-order valence-electron chi connectivity index (χ0n) is 12.7. The third-order valence-electron chi connectivity index (χ3n) is 2.55. The molecule has 1 N–H and O–H groups in total. The molecule has 0 aliphatic carbocycles. The van der Waals surface area contributed by atoms with Gasteiger partial charge in [-0.25, -0.2) is 14.8 Å². The fraction of sp³-hybridized carbons (Fsp3) is 0.312. The van der Waals surface area contributed by atoms with Gasteiger partial charge in [-0.2, -0.15) is 0 Å². The molecule has 0 saturated carbocycles. The van der Waals surface area contributed by atoms with Gasteiger partial charge in [0.2, 0.25) is 5.95 Å². The summed E-state index contributed by atoms with van der Waals surface area (Å²) in [5, 5.41) is 3.07. The number of hydrogen-bond acceptors (Lipinski definition) is 5. The Morgan fingerprint density at radius 1 is 1.24 bits per heavy atom. The molecule has 0 amide bonds. The van der Waals surface area contributed by atoms with Crippen LogP contribution >= 0.6 is 0 Å². The van der Waals surface area contributed by atoms with Gasteiger partial charge in [0.05, 0.1) is 5.56 Å². The Morgan fingerprint density at radius 3 is 2.67 bits per heavy atom. The number of carbonyl (C=O) groups is 1. The summed E-state index contributed by atoms with van der Waals surface area (Å²) in [6, 6.07) is 8.90. The largest absolute Gasteiger partial charge is 0.456 e. The number of aromatic nitrogens is 2. The van der Waals surface area contributed by atoms with E-state index in [2.05, 4.69) is 15.3 Å². The molecular weight excluding hydrogens is 266 g/mol. The van der Waals surface area contributed by atoms with E-state index >= 15 is 0 Å². The van der Waals surface area contributed by atoms with E-state index in [1.807, 2.05) is 39.8 Å². The Labute approximate surface area is 124 Å². The molecule has 1 aromatic carbocycles. The number of ether oxygens (including phenoxy) is 1. The lowest BCUT2D eigenvalue weighted by Gasteiger charge is -2.19. The topological polar surface area (TPSA) is 64.1 Å². The summed E-state index contributed by atoms with van der Waals surface area (Å²) < 4.78 is 5.35. The van der Waals surface area contributed by atoms with Gasteiger partial charge in [-0.1, -0.05) is 6.07 Å². The van der Waals surface area contributed by atoms with Crippen molar-refractivity contribution in [2.75, 3.05) is 5.32 Å². The highest BCUT2D eigenvalue weighted by molar-refractivity contribution is 5.91. The average Bonchev–Trinajstić information content (AvgIpc) is 2.37. The molecule has 0 spiro atoms. The number of esters is 1. The van der Waals surface area contributed by atoms with Gasteiger partial charge in [-0.3, -0.25) is 0 Å². The second-order valence-corrected chi connectivity index (χ2v) is 5.73. The molecule has 5 heteroatoms. The molecule has 0 radical (unpaired) electrons. The summed E-state index contributed by atoms with van der Waals surface area (Å²) >= 11 is 0. The minimum Gasteiger partial charge on any atom is -0.456 e. The van der Waals surface area contributed by atoms with Gasteiger partial charge in [0.25, 0.3) is 0 Å². The number of hydrogen-bond donors (Lipinski definition) is 1. The smallest absolute Gasteiger partial charge is 0.338 e. The predicted octanol–water partition coefficient (Wildman–Crippen LogP) is 3.48. The third-order valence-corrected chi connectivity index (χ3v) is 2.55. The first-order valence-electron chi connectivity index (χ1n) is 6.73. The summed E-state index contributed by atoms with van der Waals surface area (Å²) in [6.45, 7) is 7.42. The first-order chi connectivity index (χ1) is 9.83. The number of carbonyl (C=O) groups excluding carboxylic acids is 1. The van der Waals surface area contributed by atoms with E-state index in [0.29, 0.717) is 11.5 Å². The maximum Gasteiger partial charge on any atom is 0.338 e. The third kappa shape index (κ3) is 4.56. The highest BCUT2D eigenvalue weighted by Gasteiger charge is 2.18. The first kappa shape index (κ1) is 15.0. The molecule has 5 nitrogen and oxygen atoms in total. The zero-order valence-corrected chi connectivity index (χ0v) is 12.7. The van der Waals surface area contributed by atoms with E-state index in [1.54, 1.807) is 24.4 Å². The number of anilines is 2. The molecule has 1 aromatic heterocycles. The molecule has 0 atom stereocenters. The lowest BCUT2D eigenvalue weighted by Crippen LogP contribution is -2.23. The SMILES string of the molecule is Cc1ccnc(Nc2cccc(C(=O)OC(C)(C)C)c2)n1.